The molecule has 8 heteroatoms. The van der Waals surface area contributed by atoms with Gasteiger partial charge in [-0.1, -0.05) is 19.4 Å². The molecule has 3 N–H and O–H groups in total. The molecule has 1 aromatic heterocycles. The number of nitrogens with one attached hydrogen (secondary N) is 2. The van der Waals surface area contributed by atoms with Crippen LogP contribution in [0.3, 0.4) is 0 Å². The van der Waals surface area contributed by atoms with Crippen molar-refractivity contribution < 1.29 is 13.5 Å². The molecule has 0 aliphatic carbocycles. The number of anilines is 1. The number of aromatic nitrogens is 1. The van der Waals surface area contributed by atoms with Gasteiger partial charge in [-0.05, 0) is 39.6 Å². The summed E-state index contributed by atoms with van der Waals surface area (Å²) in [7, 11) is -0.131. The van der Waals surface area contributed by atoms with Gasteiger partial charge in [0.1, 0.15) is 5.82 Å². The molecule has 0 aliphatic heterocycles. The average Bonchev–Trinajstić information content (AvgIpc) is 2.45. The summed E-state index contributed by atoms with van der Waals surface area (Å²) in [4.78, 5) is 5.92. The highest BCUT2D eigenvalue weighted by molar-refractivity contribution is 7.89. The van der Waals surface area contributed by atoms with Crippen LogP contribution in [0, 0.1) is 0 Å². The first-order valence-electron chi connectivity index (χ1n) is 7.74. The SMILES string of the molecule is CCCCNc1cccc(S(=O)(=O)NCC(C)(O)CN(C)C)n1. The molecule has 0 spiro atoms. The molecule has 0 fully saturated rings. The first kappa shape index (κ1) is 19.8. The second kappa shape index (κ2) is 8.58. The zero-order valence-electron chi connectivity index (χ0n) is 14.3. The van der Waals surface area contributed by atoms with E-state index in [1.807, 2.05) is 14.1 Å². The molecule has 1 aromatic rings. The van der Waals surface area contributed by atoms with E-state index >= 15 is 0 Å². The van der Waals surface area contributed by atoms with Crippen molar-refractivity contribution >= 4 is 15.8 Å². The molecule has 132 valence electrons. The Morgan fingerprint density at radius 2 is 2.04 bits per heavy atom. The molecule has 7 nitrogen and oxygen atoms in total. The first-order chi connectivity index (χ1) is 10.7. The minimum atomic E-state index is -3.76. The number of unbranched alkanes of at least 4 members (excludes halogenated alkanes) is 1. The third-order valence-corrected chi connectivity index (χ3v) is 4.44. The number of sulfonamides is 1. The first-order valence-corrected chi connectivity index (χ1v) is 9.22. The van der Waals surface area contributed by atoms with Crippen molar-refractivity contribution in [1.29, 1.82) is 0 Å². The van der Waals surface area contributed by atoms with Gasteiger partial charge >= 0.3 is 0 Å². The number of nitrogens with zero attached hydrogens (tertiary/aromatic N) is 2. The quantitative estimate of drug-likeness (QED) is 0.546. The largest absolute Gasteiger partial charge is 0.387 e. The van der Waals surface area contributed by atoms with Gasteiger partial charge in [-0.2, -0.15) is 0 Å². The van der Waals surface area contributed by atoms with Crippen LogP contribution in [0.25, 0.3) is 0 Å². The van der Waals surface area contributed by atoms with Gasteiger partial charge in [-0.15, -0.1) is 0 Å². The standard InChI is InChI=1S/C15H28N4O3S/c1-5-6-10-16-13-8-7-9-14(18-13)23(21,22)17-11-15(2,20)12-19(3)4/h7-9,17,20H,5-6,10-12H2,1-4H3,(H,16,18). The Bertz CT molecular complexity index is 588. The maximum Gasteiger partial charge on any atom is 0.258 e. The molecule has 0 radical (unpaired) electrons. The summed E-state index contributed by atoms with van der Waals surface area (Å²) in [6.07, 6.45) is 2.04. The van der Waals surface area contributed by atoms with Gasteiger partial charge in [0.2, 0.25) is 0 Å². The second-order valence-corrected chi connectivity index (χ2v) is 7.91. The number of rotatable bonds is 10. The van der Waals surface area contributed by atoms with Gasteiger partial charge in [-0.25, -0.2) is 18.1 Å². The molecule has 1 heterocycles. The summed E-state index contributed by atoms with van der Waals surface area (Å²) in [5.74, 6) is 0.529. The van der Waals surface area contributed by atoms with Gasteiger partial charge in [0.05, 0.1) is 5.60 Å². The van der Waals surface area contributed by atoms with Gasteiger partial charge in [0.25, 0.3) is 10.0 Å². The Morgan fingerprint density at radius 3 is 2.65 bits per heavy atom. The Labute approximate surface area is 139 Å². The monoisotopic (exact) mass is 344 g/mol. The number of likely N-dealkylation sites (N-methyl/N-ethyl adjacent to an activating group) is 1. The summed E-state index contributed by atoms with van der Waals surface area (Å²) in [5.41, 5.74) is -1.16. The summed E-state index contributed by atoms with van der Waals surface area (Å²) < 4.78 is 27.1. The van der Waals surface area contributed by atoms with Crippen LogP contribution < -0.4 is 10.0 Å². The summed E-state index contributed by atoms with van der Waals surface area (Å²) >= 11 is 0. The highest BCUT2D eigenvalue weighted by Gasteiger charge is 2.25. The smallest absolute Gasteiger partial charge is 0.258 e. The third-order valence-electron chi connectivity index (χ3n) is 3.14. The van der Waals surface area contributed by atoms with E-state index in [9.17, 15) is 13.5 Å². The zero-order chi connectivity index (χ0) is 17.5. The van der Waals surface area contributed by atoms with Crippen LogP contribution in [0.2, 0.25) is 0 Å². The molecule has 0 bridgehead atoms. The lowest BCUT2D eigenvalue weighted by Crippen LogP contribution is -2.47. The Kier molecular flexibility index (Phi) is 7.40. The fourth-order valence-corrected chi connectivity index (χ4v) is 3.24. The van der Waals surface area contributed by atoms with Crippen LogP contribution in [0.1, 0.15) is 26.7 Å². The minimum absolute atomic E-state index is 0.0559. The van der Waals surface area contributed by atoms with Gasteiger partial charge in [0.15, 0.2) is 5.03 Å². The highest BCUT2D eigenvalue weighted by atomic mass is 32.2. The summed E-state index contributed by atoms with van der Waals surface area (Å²) in [5, 5.41) is 13.2. The predicted octanol–water partition coefficient (Wildman–Crippen LogP) is 0.884. The Morgan fingerprint density at radius 1 is 1.35 bits per heavy atom. The third kappa shape index (κ3) is 7.26. The average molecular weight is 344 g/mol. The van der Waals surface area contributed by atoms with Crippen molar-refractivity contribution in [3.63, 3.8) is 0 Å². The van der Waals surface area contributed by atoms with Crippen LogP contribution in [0.4, 0.5) is 5.82 Å². The zero-order valence-corrected chi connectivity index (χ0v) is 15.2. The number of aliphatic hydroxyl groups is 1. The Balaban J connectivity index is 2.74. The van der Waals surface area contributed by atoms with Crippen molar-refractivity contribution in [1.82, 2.24) is 14.6 Å². The lowest BCUT2D eigenvalue weighted by Gasteiger charge is -2.26. The summed E-state index contributed by atoms with van der Waals surface area (Å²) in [6.45, 7) is 4.69. The van der Waals surface area contributed by atoms with Crippen LogP contribution in [-0.4, -0.2) is 62.7 Å². The fourth-order valence-electron chi connectivity index (χ4n) is 2.12. The normalized spacial score (nSPS) is 14.7. The number of hydrogen-bond acceptors (Lipinski definition) is 6. The fraction of sp³-hybridized carbons (Fsp3) is 0.667. The summed E-state index contributed by atoms with van der Waals surface area (Å²) in [6, 6.07) is 4.82. The van der Waals surface area contributed by atoms with E-state index in [4.69, 9.17) is 0 Å². The Hall–Kier alpha value is -1.22. The van der Waals surface area contributed by atoms with E-state index in [0.717, 1.165) is 19.4 Å². The van der Waals surface area contributed by atoms with Crippen molar-refractivity contribution in [3.8, 4) is 0 Å². The molecule has 0 aromatic carbocycles. The molecule has 1 unspecified atom stereocenters. The van der Waals surface area contributed by atoms with Crippen LogP contribution in [-0.2, 0) is 10.0 Å². The van der Waals surface area contributed by atoms with Crippen LogP contribution in [0.15, 0.2) is 23.2 Å². The lowest BCUT2D eigenvalue weighted by atomic mass is 10.1. The lowest BCUT2D eigenvalue weighted by molar-refractivity contribution is 0.0386. The molecule has 0 saturated carbocycles. The van der Waals surface area contributed by atoms with Crippen molar-refractivity contribution in [3.05, 3.63) is 18.2 Å². The highest BCUT2D eigenvalue weighted by Crippen LogP contribution is 2.11. The van der Waals surface area contributed by atoms with E-state index in [0.29, 0.717) is 12.4 Å². The molecular weight excluding hydrogens is 316 g/mol. The van der Waals surface area contributed by atoms with Gasteiger partial charge < -0.3 is 15.3 Å². The second-order valence-electron chi connectivity index (χ2n) is 6.20. The van der Waals surface area contributed by atoms with E-state index in [-0.39, 0.29) is 11.6 Å². The van der Waals surface area contributed by atoms with Crippen molar-refractivity contribution in [2.24, 2.45) is 0 Å². The maximum atomic E-state index is 12.3. The molecule has 0 aliphatic rings. The number of pyridine rings is 1. The maximum absolute atomic E-state index is 12.3. The number of hydrogen-bond donors (Lipinski definition) is 3. The van der Waals surface area contributed by atoms with E-state index in [1.165, 1.54) is 6.07 Å². The van der Waals surface area contributed by atoms with Crippen molar-refractivity contribution in [2.45, 2.75) is 37.3 Å². The molecule has 1 rings (SSSR count). The molecule has 23 heavy (non-hydrogen) atoms. The van der Waals surface area contributed by atoms with Gasteiger partial charge in [0, 0.05) is 19.6 Å². The predicted molar refractivity (Wildman–Crippen MR) is 92.0 cm³/mol. The van der Waals surface area contributed by atoms with Gasteiger partial charge in [-0.3, -0.25) is 0 Å². The van der Waals surface area contributed by atoms with Crippen LogP contribution >= 0.6 is 0 Å². The van der Waals surface area contributed by atoms with E-state index < -0.39 is 15.6 Å². The van der Waals surface area contributed by atoms with Crippen molar-refractivity contribution in [2.75, 3.05) is 39.0 Å². The molecule has 0 amide bonds. The van der Waals surface area contributed by atoms with E-state index in [1.54, 1.807) is 24.0 Å². The topological polar surface area (TPSA) is 94.6 Å². The molecule has 0 saturated heterocycles. The van der Waals surface area contributed by atoms with E-state index in [2.05, 4.69) is 21.9 Å². The van der Waals surface area contributed by atoms with Crippen LogP contribution in [0.5, 0.6) is 0 Å². The molecular formula is C15H28N4O3S. The minimum Gasteiger partial charge on any atom is -0.387 e. The molecule has 1 atom stereocenters.